The highest BCUT2D eigenvalue weighted by molar-refractivity contribution is 7.98. The number of nitrogens with zero attached hydrogens (tertiary/aromatic N) is 5. The molecule has 0 radical (unpaired) electrons. The summed E-state index contributed by atoms with van der Waals surface area (Å²) in [7, 11) is 0. The molecule has 4 aromatic rings. The number of nitrogens with one attached hydrogen (secondary N) is 1. The molecule has 3 aromatic heterocycles. The zero-order valence-corrected chi connectivity index (χ0v) is 15.1. The summed E-state index contributed by atoms with van der Waals surface area (Å²) in [5.41, 5.74) is 2.51. The molecule has 0 aliphatic heterocycles. The summed E-state index contributed by atoms with van der Waals surface area (Å²) in [6, 6.07) is 12.4. The summed E-state index contributed by atoms with van der Waals surface area (Å²) in [5, 5.41) is 11.8. The van der Waals surface area contributed by atoms with Gasteiger partial charge in [-0.15, -0.1) is 0 Å². The summed E-state index contributed by atoms with van der Waals surface area (Å²) < 4.78 is 7.79. The van der Waals surface area contributed by atoms with E-state index < -0.39 is 0 Å². The van der Waals surface area contributed by atoms with Crippen LogP contribution < -0.4 is 0 Å². The van der Waals surface area contributed by atoms with Gasteiger partial charge in [0.2, 0.25) is 0 Å². The van der Waals surface area contributed by atoms with Gasteiger partial charge in [-0.1, -0.05) is 43.0 Å². The molecule has 0 saturated carbocycles. The van der Waals surface area contributed by atoms with Crippen molar-refractivity contribution in [2.45, 2.75) is 30.8 Å². The first-order valence-electron chi connectivity index (χ1n) is 8.34. The second kappa shape index (κ2) is 7.57. The third-order valence-corrected chi connectivity index (χ3v) is 4.90. The summed E-state index contributed by atoms with van der Waals surface area (Å²) in [5.74, 6) is 2.95. The second-order valence-electron chi connectivity index (χ2n) is 5.76. The molecule has 132 valence electrons. The van der Waals surface area contributed by atoms with Crippen LogP contribution in [0.2, 0.25) is 0 Å². The maximum Gasteiger partial charge on any atom is 0.194 e. The van der Waals surface area contributed by atoms with Crippen LogP contribution in [0.3, 0.4) is 0 Å². The molecule has 0 aliphatic rings. The molecule has 3 heterocycles. The van der Waals surface area contributed by atoms with E-state index in [9.17, 15) is 0 Å². The zero-order chi connectivity index (χ0) is 17.8. The van der Waals surface area contributed by atoms with Gasteiger partial charge in [-0.25, -0.2) is 14.6 Å². The highest BCUT2D eigenvalue weighted by atomic mass is 32.2. The van der Waals surface area contributed by atoms with Gasteiger partial charge in [-0.2, -0.15) is 10.2 Å². The minimum atomic E-state index is 0.655. The van der Waals surface area contributed by atoms with E-state index in [4.69, 9.17) is 4.42 Å². The fourth-order valence-corrected chi connectivity index (χ4v) is 3.28. The maximum absolute atomic E-state index is 5.93. The van der Waals surface area contributed by atoms with Gasteiger partial charge in [0, 0.05) is 0 Å². The lowest BCUT2D eigenvalue weighted by Gasteiger charge is -2.05. The minimum Gasteiger partial charge on any atom is -0.457 e. The molecule has 1 N–H and O–H groups in total. The van der Waals surface area contributed by atoms with E-state index in [2.05, 4.69) is 56.5 Å². The van der Waals surface area contributed by atoms with Gasteiger partial charge >= 0.3 is 0 Å². The largest absolute Gasteiger partial charge is 0.457 e. The van der Waals surface area contributed by atoms with Crippen LogP contribution in [0.25, 0.3) is 11.6 Å². The number of aromatic nitrogens is 6. The molecule has 8 heteroatoms. The van der Waals surface area contributed by atoms with Crippen molar-refractivity contribution < 1.29 is 4.42 Å². The zero-order valence-electron chi connectivity index (χ0n) is 14.3. The van der Waals surface area contributed by atoms with Crippen molar-refractivity contribution in [3.05, 3.63) is 65.9 Å². The number of benzene rings is 1. The smallest absolute Gasteiger partial charge is 0.194 e. The Kier molecular flexibility index (Phi) is 4.83. The lowest BCUT2D eigenvalue weighted by atomic mass is 10.1. The Morgan fingerprint density at radius 2 is 1.88 bits per heavy atom. The van der Waals surface area contributed by atoms with Gasteiger partial charge in [0.15, 0.2) is 16.7 Å². The predicted molar refractivity (Wildman–Crippen MR) is 98.6 cm³/mol. The topological polar surface area (TPSA) is 85.4 Å². The minimum absolute atomic E-state index is 0.655. The highest BCUT2D eigenvalue weighted by Crippen LogP contribution is 2.25. The number of aryl methyl sites for hydroxylation is 1. The van der Waals surface area contributed by atoms with E-state index in [1.54, 1.807) is 6.33 Å². The van der Waals surface area contributed by atoms with Gasteiger partial charge in [-0.3, -0.25) is 5.10 Å². The highest BCUT2D eigenvalue weighted by Gasteiger charge is 2.13. The van der Waals surface area contributed by atoms with Crippen LogP contribution in [-0.4, -0.2) is 29.9 Å². The predicted octanol–water partition coefficient (Wildman–Crippen LogP) is 3.56. The summed E-state index contributed by atoms with van der Waals surface area (Å²) in [6.07, 6.45) is 4.09. The van der Waals surface area contributed by atoms with Gasteiger partial charge in [0.25, 0.3) is 0 Å². The molecule has 0 unspecified atom stereocenters. The van der Waals surface area contributed by atoms with Crippen LogP contribution in [0, 0.1) is 0 Å². The van der Waals surface area contributed by atoms with Crippen molar-refractivity contribution in [3.63, 3.8) is 0 Å². The Hall–Kier alpha value is -2.87. The number of hydrogen-bond donors (Lipinski definition) is 1. The molecule has 0 fully saturated rings. The number of furan rings is 1. The van der Waals surface area contributed by atoms with Gasteiger partial charge in [0.1, 0.15) is 18.4 Å². The Balaban J connectivity index is 1.47. The standard InChI is InChI=1S/C18H18N6OS/c1-2-13-3-5-14(6-4-13)9-24-17(19-12-22-24)16-8-7-15(25-16)10-26-18-20-11-21-23-18/h3-8,11-12H,2,9-10H2,1H3,(H,20,21,23). The van der Waals surface area contributed by atoms with Crippen molar-refractivity contribution in [2.75, 3.05) is 0 Å². The van der Waals surface area contributed by atoms with Gasteiger partial charge in [0.05, 0.1) is 12.3 Å². The van der Waals surface area contributed by atoms with Crippen LogP contribution in [0.15, 0.2) is 58.6 Å². The molecule has 0 atom stereocenters. The van der Waals surface area contributed by atoms with Crippen LogP contribution in [0.5, 0.6) is 0 Å². The number of aromatic amines is 1. The number of H-pyrrole nitrogens is 1. The van der Waals surface area contributed by atoms with Gasteiger partial charge in [-0.05, 0) is 29.7 Å². The Morgan fingerprint density at radius 1 is 1.04 bits per heavy atom. The molecular formula is C18H18N6OS. The van der Waals surface area contributed by atoms with Crippen molar-refractivity contribution >= 4 is 11.8 Å². The molecule has 0 bridgehead atoms. The van der Waals surface area contributed by atoms with Crippen LogP contribution in [0.1, 0.15) is 23.8 Å². The number of thioether (sulfide) groups is 1. The molecule has 0 amide bonds. The summed E-state index contributed by atoms with van der Waals surface area (Å²) in [4.78, 5) is 8.45. The number of hydrogen-bond acceptors (Lipinski definition) is 6. The molecule has 7 nitrogen and oxygen atoms in total. The van der Waals surface area contributed by atoms with E-state index >= 15 is 0 Å². The molecule has 0 aliphatic carbocycles. The quantitative estimate of drug-likeness (QED) is 0.503. The molecule has 1 aromatic carbocycles. The lowest BCUT2D eigenvalue weighted by molar-refractivity contribution is 0.532. The Labute approximate surface area is 154 Å². The Morgan fingerprint density at radius 3 is 2.65 bits per heavy atom. The number of rotatable bonds is 7. The third-order valence-electron chi connectivity index (χ3n) is 4.01. The molecule has 0 saturated heterocycles. The molecule has 0 spiro atoms. The average molecular weight is 366 g/mol. The van der Waals surface area contributed by atoms with E-state index in [0.29, 0.717) is 18.1 Å². The van der Waals surface area contributed by atoms with Gasteiger partial charge < -0.3 is 4.42 Å². The van der Waals surface area contributed by atoms with Crippen molar-refractivity contribution in [2.24, 2.45) is 0 Å². The SMILES string of the molecule is CCc1ccc(Cn2ncnc2-c2ccc(CSc3ncn[nH]3)o2)cc1. The summed E-state index contributed by atoms with van der Waals surface area (Å²) >= 11 is 1.54. The monoisotopic (exact) mass is 366 g/mol. The van der Waals surface area contributed by atoms with E-state index in [0.717, 1.165) is 23.2 Å². The Bertz CT molecular complexity index is 958. The van der Waals surface area contributed by atoms with Crippen LogP contribution in [-0.2, 0) is 18.7 Å². The van der Waals surface area contributed by atoms with Crippen molar-refractivity contribution in [3.8, 4) is 11.6 Å². The fourth-order valence-electron chi connectivity index (χ4n) is 2.60. The van der Waals surface area contributed by atoms with E-state index in [1.165, 1.54) is 29.2 Å². The summed E-state index contributed by atoms with van der Waals surface area (Å²) in [6.45, 7) is 2.81. The molecule has 26 heavy (non-hydrogen) atoms. The lowest BCUT2D eigenvalue weighted by Crippen LogP contribution is -2.03. The van der Waals surface area contributed by atoms with Crippen molar-refractivity contribution in [1.29, 1.82) is 0 Å². The fraction of sp³-hybridized carbons (Fsp3) is 0.222. The normalized spacial score (nSPS) is 11.1. The van der Waals surface area contributed by atoms with Crippen LogP contribution >= 0.6 is 11.8 Å². The maximum atomic E-state index is 5.93. The first-order chi connectivity index (χ1) is 12.8. The first-order valence-corrected chi connectivity index (χ1v) is 9.33. The average Bonchev–Trinajstić information content (AvgIpc) is 3.42. The first kappa shape index (κ1) is 16.6. The third kappa shape index (κ3) is 3.70. The van der Waals surface area contributed by atoms with E-state index in [1.807, 2.05) is 16.8 Å². The second-order valence-corrected chi connectivity index (χ2v) is 6.72. The van der Waals surface area contributed by atoms with Crippen LogP contribution in [0.4, 0.5) is 0 Å². The van der Waals surface area contributed by atoms with Crippen molar-refractivity contribution in [1.82, 2.24) is 29.9 Å². The molecular weight excluding hydrogens is 348 g/mol. The molecule has 4 rings (SSSR count). The van der Waals surface area contributed by atoms with E-state index in [-0.39, 0.29) is 0 Å².